The molecular formula is C19H26ClN3O3S. The lowest BCUT2D eigenvalue weighted by molar-refractivity contribution is -0.118. The number of hydrogen-bond donors (Lipinski definition) is 1. The summed E-state index contributed by atoms with van der Waals surface area (Å²) < 4.78 is 18.0. The maximum Gasteiger partial charge on any atom is 0.232 e. The molecular weight excluding hydrogens is 386 g/mol. The highest BCUT2D eigenvalue weighted by atomic mass is 35.5. The van der Waals surface area contributed by atoms with Gasteiger partial charge in [-0.25, -0.2) is 4.98 Å². The zero-order valence-electron chi connectivity index (χ0n) is 16.0. The van der Waals surface area contributed by atoms with Crippen LogP contribution < -0.4 is 5.32 Å². The Hall–Kier alpha value is -1.70. The average molecular weight is 412 g/mol. The number of nitrogens with zero attached hydrogens (tertiary/aromatic N) is 2. The summed E-state index contributed by atoms with van der Waals surface area (Å²) in [5, 5.41) is 3.45. The van der Waals surface area contributed by atoms with Gasteiger partial charge in [0.1, 0.15) is 11.5 Å². The molecule has 27 heavy (non-hydrogen) atoms. The fourth-order valence-electron chi connectivity index (χ4n) is 2.57. The van der Waals surface area contributed by atoms with E-state index in [2.05, 4.69) is 29.0 Å². The molecule has 0 radical (unpaired) electrons. The standard InChI is InChI=1S/C19H26ClN3O3S/c1-4-23(5-2)11-10-21-18(24)13-27(25)12-17-14(3)26-19(22-17)15-6-8-16(20)9-7-15/h6-9H,4-5,10-13H2,1-3H3,(H,21,24)/t27-/m1/s1. The predicted octanol–water partition coefficient (Wildman–Crippen LogP) is 3.01. The fourth-order valence-corrected chi connectivity index (χ4v) is 3.77. The van der Waals surface area contributed by atoms with Gasteiger partial charge in [-0.2, -0.15) is 0 Å². The van der Waals surface area contributed by atoms with Crippen molar-refractivity contribution in [2.24, 2.45) is 0 Å². The molecule has 0 fully saturated rings. The Bertz CT molecular complexity index is 773. The zero-order chi connectivity index (χ0) is 19.8. The van der Waals surface area contributed by atoms with Gasteiger partial charge in [0.2, 0.25) is 11.8 Å². The van der Waals surface area contributed by atoms with Crippen molar-refractivity contribution < 1.29 is 13.4 Å². The number of carbonyl (C=O) groups excluding carboxylic acids is 1. The molecule has 1 atom stereocenters. The molecule has 8 heteroatoms. The number of hydrogen-bond acceptors (Lipinski definition) is 5. The minimum atomic E-state index is -1.35. The molecule has 2 aromatic rings. The number of oxazole rings is 1. The summed E-state index contributed by atoms with van der Waals surface area (Å²) in [5.74, 6) is 1.00. The Morgan fingerprint density at radius 3 is 2.56 bits per heavy atom. The van der Waals surface area contributed by atoms with Gasteiger partial charge in [-0.15, -0.1) is 0 Å². The Balaban J connectivity index is 1.86. The van der Waals surface area contributed by atoms with E-state index in [-0.39, 0.29) is 17.4 Å². The van der Waals surface area contributed by atoms with Gasteiger partial charge in [0.05, 0.1) is 11.4 Å². The number of nitrogens with one attached hydrogen (secondary N) is 1. The third-order valence-electron chi connectivity index (χ3n) is 4.22. The summed E-state index contributed by atoms with van der Waals surface area (Å²) in [4.78, 5) is 18.6. The average Bonchev–Trinajstić information content (AvgIpc) is 2.99. The van der Waals surface area contributed by atoms with E-state index >= 15 is 0 Å². The van der Waals surface area contributed by atoms with Crippen molar-refractivity contribution >= 4 is 28.3 Å². The fraction of sp³-hybridized carbons (Fsp3) is 0.474. The molecule has 1 heterocycles. The monoisotopic (exact) mass is 411 g/mol. The first-order valence-electron chi connectivity index (χ1n) is 8.99. The van der Waals surface area contributed by atoms with Crippen molar-refractivity contribution in [1.82, 2.24) is 15.2 Å². The van der Waals surface area contributed by atoms with Crippen LogP contribution in [-0.2, 0) is 21.3 Å². The number of aromatic nitrogens is 1. The van der Waals surface area contributed by atoms with Gasteiger partial charge in [0.25, 0.3) is 0 Å². The van der Waals surface area contributed by atoms with Crippen LogP contribution in [-0.4, -0.2) is 51.9 Å². The highest BCUT2D eigenvalue weighted by molar-refractivity contribution is 7.84. The molecule has 0 spiro atoms. The third kappa shape index (κ3) is 6.75. The number of benzene rings is 1. The second-order valence-electron chi connectivity index (χ2n) is 6.13. The lowest BCUT2D eigenvalue weighted by atomic mass is 10.2. The summed E-state index contributed by atoms with van der Waals surface area (Å²) in [7, 11) is -1.35. The Kier molecular flexibility index (Phi) is 8.47. The van der Waals surface area contributed by atoms with Crippen molar-refractivity contribution in [2.45, 2.75) is 26.5 Å². The summed E-state index contributed by atoms with van der Waals surface area (Å²) in [5.41, 5.74) is 1.41. The van der Waals surface area contributed by atoms with E-state index in [1.54, 1.807) is 19.1 Å². The molecule has 0 aliphatic heterocycles. The number of rotatable bonds is 10. The molecule has 0 bridgehead atoms. The molecule has 0 unspecified atom stereocenters. The van der Waals surface area contributed by atoms with Gasteiger partial charge >= 0.3 is 0 Å². The van der Waals surface area contributed by atoms with Crippen LogP contribution in [0.5, 0.6) is 0 Å². The quantitative estimate of drug-likeness (QED) is 0.650. The van der Waals surface area contributed by atoms with E-state index in [1.807, 2.05) is 12.1 Å². The molecule has 0 aliphatic rings. The maximum atomic E-state index is 12.3. The van der Waals surface area contributed by atoms with Crippen LogP contribution in [0.4, 0.5) is 0 Å². The van der Waals surface area contributed by atoms with Gasteiger partial charge < -0.3 is 14.6 Å². The van der Waals surface area contributed by atoms with E-state index in [0.717, 1.165) is 25.2 Å². The van der Waals surface area contributed by atoms with Crippen LogP contribution in [0.1, 0.15) is 25.3 Å². The Labute approximate surface area is 167 Å². The maximum absolute atomic E-state index is 12.3. The molecule has 0 aliphatic carbocycles. The number of aryl methyl sites for hydroxylation is 1. The van der Waals surface area contributed by atoms with Crippen molar-refractivity contribution in [1.29, 1.82) is 0 Å². The van der Waals surface area contributed by atoms with Gasteiger partial charge in [0, 0.05) is 34.5 Å². The zero-order valence-corrected chi connectivity index (χ0v) is 17.5. The van der Waals surface area contributed by atoms with Crippen LogP contribution in [0.15, 0.2) is 28.7 Å². The second-order valence-corrected chi connectivity index (χ2v) is 8.03. The first kappa shape index (κ1) is 21.6. The minimum Gasteiger partial charge on any atom is -0.441 e. The van der Waals surface area contributed by atoms with E-state index < -0.39 is 10.8 Å². The molecule has 0 saturated carbocycles. The third-order valence-corrected chi connectivity index (χ3v) is 5.65. The highest BCUT2D eigenvalue weighted by Crippen LogP contribution is 2.24. The number of amides is 1. The van der Waals surface area contributed by atoms with Gasteiger partial charge in [-0.1, -0.05) is 25.4 Å². The van der Waals surface area contributed by atoms with Gasteiger partial charge in [-0.3, -0.25) is 9.00 Å². The molecule has 2 rings (SSSR count). The number of carbonyl (C=O) groups is 1. The SMILES string of the molecule is CCN(CC)CCNC(=O)C[S@](=O)Cc1nc(-c2ccc(Cl)cc2)oc1C. The lowest BCUT2D eigenvalue weighted by Gasteiger charge is -2.17. The second kappa shape index (κ2) is 10.6. The summed E-state index contributed by atoms with van der Waals surface area (Å²) >= 11 is 5.89. The molecule has 1 aromatic carbocycles. The van der Waals surface area contributed by atoms with Gasteiger partial charge in [-0.05, 0) is 44.3 Å². The number of likely N-dealkylation sites (N-methyl/N-ethyl adjacent to an activating group) is 1. The summed E-state index contributed by atoms with van der Waals surface area (Å²) in [6.07, 6.45) is 0. The summed E-state index contributed by atoms with van der Waals surface area (Å²) in [6.45, 7) is 9.18. The van der Waals surface area contributed by atoms with Crippen LogP contribution in [0.3, 0.4) is 0 Å². The normalized spacial score (nSPS) is 12.3. The lowest BCUT2D eigenvalue weighted by Crippen LogP contribution is -2.36. The van der Waals surface area contributed by atoms with Crippen molar-refractivity contribution in [3.8, 4) is 11.5 Å². The topological polar surface area (TPSA) is 75.4 Å². The molecule has 1 amide bonds. The first-order valence-corrected chi connectivity index (χ1v) is 10.9. The van der Waals surface area contributed by atoms with E-state index in [1.165, 1.54) is 0 Å². The Morgan fingerprint density at radius 2 is 1.93 bits per heavy atom. The van der Waals surface area contributed by atoms with E-state index in [9.17, 15) is 9.00 Å². The molecule has 0 saturated heterocycles. The molecule has 1 aromatic heterocycles. The van der Waals surface area contributed by atoms with E-state index in [4.69, 9.17) is 16.0 Å². The minimum absolute atomic E-state index is 0.0408. The van der Waals surface area contributed by atoms with Crippen molar-refractivity contribution in [3.63, 3.8) is 0 Å². The van der Waals surface area contributed by atoms with Crippen molar-refractivity contribution in [3.05, 3.63) is 40.7 Å². The molecule has 148 valence electrons. The van der Waals surface area contributed by atoms with Crippen LogP contribution in [0.2, 0.25) is 5.02 Å². The molecule has 1 N–H and O–H groups in total. The Morgan fingerprint density at radius 1 is 1.26 bits per heavy atom. The smallest absolute Gasteiger partial charge is 0.232 e. The largest absolute Gasteiger partial charge is 0.441 e. The van der Waals surface area contributed by atoms with Gasteiger partial charge in [0.15, 0.2) is 0 Å². The summed E-state index contributed by atoms with van der Waals surface area (Å²) in [6, 6.07) is 7.16. The number of halogens is 1. The van der Waals surface area contributed by atoms with E-state index in [0.29, 0.717) is 28.9 Å². The van der Waals surface area contributed by atoms with Crippen LogP contribution in [0, 0.1) is 6.92 Å². The van der Waals surface area contributed by atoms with Crippen LogP contribution >= 0.6 is 11.6 Å². The predicted molar refractivity (Wildman–Crippen MR) is 109 cm³/mol. The highest BCUT2D eigenvalue weighted by Gasteiger charge is 2.16. The first-order chi connectivity index (χ1) is 12.9. The van der Waals surface area contributed by atoms with Crippen molar-refractivity contribution in [2.75, 3.05) is 31.9 Å². The van der Waals surface area contributed by atoms with Crippen LogP contribution in [0.25, 0.3) is 11.5 Å². The molecule has 6 nitrogen and oxygen atoms in total.